The van der Waals surface area contributed by atoms with Crippen molar-refractivity contribution in [3.05, 3.63) is 35.9 Å². The third-order valence-corrected chi connectivity index (χ3v) is 4.93. The minimum atomic E-state index is -1.12. The predicted molar refractivity (Wildman–Crippen MR) is 89.0 cm³/mol. The Bertz CT molecular complexity index is 661. The Morgan fingerprint density at radius 2 is 2.00 bits per heavy atom. The topological polar surface area (TPSA) is 69.7 Å². The zero-order valence-corrected chi connectivity index (χ0v) is 14.1. The number of piperidine rings is 1. The molecule has 6 nitrogen and oxygen atoms in total. The van der Waals surface area contributed by atoms with Crippen molar-refractivity contribution in [3.8, 4) is 0 Å². The highest BCUT2D eigenvalue weighted by Crippen LogP contribution is 2.28. The van der Waals surface area contributed by atoms with Gasteiger partial charge in [0.25, 0.3) is 5.91 Å². The summed E-state index contributed by atoms with van der Waals surface area (Å²) < 4.78 is 0. The summed E-state index contributed by atoms with van der Waals surface area (Å²) in [5.41, 5.74) is -0.404. The van der Waals surface area contributed by atoms with Crippen molar-refractivity contribution in [1.82, 2.24) is 15.1 Å². The number of hydrogen-bond donors (Lipinski definition) is 1. The maximum atomic E-state index is 12.8. The monoisotopic (exact) mass is 329 g/mol. The average molecular weight is 329 g/mol. The van der Waals surface area contributed by atoms with E-state index >= 15 is 0 Å². The van der Waals surface area contributed by atoms with Crippen LogP contribution in [-0.2, 0) is 15.1 Å². The maximum Gasteiger partial charge on any atom is 0.325 e. The van der Waals surface area contributed by atoms with Gasteiger partial charge in [0.05, 0.1) is 0 Å². The Labute approximate surface area is 141 Å². The number of hydrogen-bond acceptors (Lipinski definition) is 3. The Morgan fingerprint density at radius 1 is 1.29 bits per heavy atom. The highest BCUT2D eigenvalue weighted by molar-refractivity contribution is 6.09. The molecule has 2 aliphatic heterocycles. The lowest BCUT2D eigenvalue weighted by molar-refractivity contribution is -0.139. The smallest absolute Gasteiger partial charge is 0.325 e. The fourth-order valence-corrected chi connectivity index (χ4v) is 3.46. The Balaban J connectivity index is 1.74. The normalized spacial score (nSPS) is 27.3. The van der Waals surface area contributed by atoms with Crippen molar-refractivity contribution in [2.45, 2.75) is 32.2 Å². The van der Waals surface area contributed by atoms with E-state index in [1.54, 1.807) is 24.0 Å². The van der Waals surface area contributed by atoms with Crippen molar-refractivity contribution in [2.75, 3.05) is 19.6 Å². The molecule has 0 spiro atoms. The molecule has 6 heteroatoms. The first kappa shape index (κ1) is 16.5. The zero-order valence-electron chi connectivity index (χ0n) is 14.1. The van der Waals surface area contributed by atoms with Crippen molar-refractivity contribution in [1.29, 1.82) is 0 Å². The molecule has 4 amide bonds. The summed E-state index contributed by atoms with van der Waals surface area (Å²) in [7, 11) is 0. The van der Waals surface area contributed by atoms with Gasteiger partial charge in [-0.2, -0.15) is 0 Å². The van der Waals surface area contributed by atoms with Crippen LogP contribution >= 0.6 is 0 Å². The summed E-state index contributed by atoms with van der Waals surface area (Å²) in [6.45, 7) is 4.98. The number of imide groups is 1. The van der Waals surface area contributed by atoms with Crippen LogP contribution in [0.25, 0.3) is 0 Å². The zero-order chi connectivity index (χ0) is 17.3. The Hall–Kier alpha value is -2.37. The van der Waals surface area contributed by atoms with Crippen LogP contribution in [0, 0.1) is 5.92 Å². The first-order chi connectivity index (χ1) is 11.4. The van der Waals surface area contributed by atoms with Gasteiger partial charge in [-0.05, 0) is 31.2 Å². The van der Waals surface area contributed by atoms with Crippen LogP contribution in [0.15, 0.2) is 30.3 Å². The van der Waals surface area contributed by atoms with Gasteiger partial charge < -0.3 is 10.2 Å². The summed E-state index contributed by atoms with van der Waals surface area (Å²) in [6.07, 6.45) is 2.08. The van der Waals surface area contributed by atoms with Gasteiger partial charge in [0.2, 0.25) is 5.91 Å². The van der Waals surface area contributed by atoms with E-state index in [0.717, 1.165) is 17.7 Å². The molecule has 1 aromatic carbocycles. The van der Waals surface area contributed by atoms with Gasteiger partial charge in [-0.3, -0.25) is 14.5 Å². The number of benzene rings is 1. The van der Waals surface area contributed by atoms with Crippen LogP contribution in [-0.4, -0.2) is 47.3 Å². The van der Waals surface area contributed by atoms with Gasteiger partial charge >= 0.3 is 6.03 Å². The highest BCUT2D eigenvalue weighted by Gasteiger charge is 2.49. The molecule has 0 bridgehead atoms. The van der Waals surface area contributed by atoms with Gasteiger partial charge in [0.15, 0.2) is 0 Å². The number of carbonyl (C=O) groups is 3. The highest BCUT2D eigenvalue weighted by atomic mass is 16.2. The quantitative estimate of drug-likeness (QED) is 0.858. The summed E-state index contributed by atoms with van der Waals surface area (Å²) in [6, 6.07) is 8.59. The molecule has 3 rings (SSSR count). The maximum absolute atomic E-state index is 12.8. The Kier molecular flexibility index (Phi) is 4.30. The van der Waals surface area contributed by atoms with E-state index in [4.69, 9.17) is 0 Å². The number of likely N-dealkylation sites (tertiary alicyclic amines) is 1. The van der Waals surface area contributed by atoms with Crippen molar-refractivity contribution in [2.24, 2.45) is 5.92 Å². The van der Waals surface area contributed by atoms with E-state index < -0.39 is 11.6 Å². The molecule has 24 heavy (non-hydrogen) atoms. The minimum absolute atomic E-state index is 0.164. The molecule has 0 radical (unpaired) electrons. The minimum Gasteiger partial charge on any atom is -0.341 e. The SMILES string of the molecule is C[C@@H]1CCCN(C(=O)CN2C(=O)N[C@@](C)(c3ccccc3)C2=O)C1. The van der Waals surface area contributed by atoms with Gasteiger partial charge in [-0.1, -0.05) is 37.3 Å². The second kappa shape index (κ2) is 6.26. The number of amides is 4. The van der Waals surface area contributed by atoms with Crippen molar-refractivity contribution < 1.29 is 14.4 Å². The van der Waals surface area contributed by atoms with Crippen molar-refractivity contribution in [3.63, 3.8) is 0 Å². The molecule has 2 saturated heterocycles. The molecule has 0 saturated carbocycles. The number of urea groups is 1. The third kappa shape index (κ3) is 2.88. The molecule has 1 N–H and O–H groups in total. The molecular weight excluding hydrogens is 306 g/mol. The van der Waals surface area contributed by atoms with Crippen LogP contribution in [0.5, 0.6) is 0 Å². The summed E-state index contributed by atoms with van der Waals surface area (Å²) >= 11 is 0. The van der Waals surface area contributed by atoms with E-state index in [2.05, 4.69) is 12.2 Å². The van der Waals surface area contributed by atoms with Crippen LogP contribution in [0.3, 0.4) is 0 Å². The summed E-state index contributed by atoms with van der Waals surface area (Å²) in [5, 5.41) is 2.73. The second-order valence-electron chi connectivity index (χ2n) is 6.90. The van der Waals surface area contributed by atoms with Crippen LogP contribution in [0.4, 0.5) is 4.79 Å². The molecule has 2 aliphatic rings. The van der Waals surface area contributed by atoms with Crippen LogP contribution in [0.2, 0.25) is 0 Å². The molecule has 1 aromatic rings. The second-order valence-corrected chi connectivity index (χ2v) is 6.90. The Morgan fingerprint density at radius 3 is 2.67 bits per heavy atom. The van der Waals surface area contributed by atoms with Gasteiger partial charge in [0.1, 0.15) is 12.1 Å². The molecule has 0 unspecified atom stereocenters. The van der Waals surface area contributed by atoms with Crippen LogP contribution in [0.1, 0.15) is 32.3 Å². The molecular formula is C18H23N3O3. The first-order valence-electron chi connectivity index (χ1n) is 8.39. The largest absolute Gasteiger partial charge is 0.341 e. The summed E-state index contributed by atoms with van der Waals surface area (Å²) in [4.78, 5) is 40.4. The molecule has 128 valence electrons. The third-order valence-electron chi connectivity index (χ3n) is 4.93. The lowest BCUT2D eigenvalue weighted by Gasteiger charge is -2.31. The molecule has 2 atom stereocenters. The average Bonchev–Trinajstić information content (AvgIpc) is 2.80. The fraction of sp³-hybridized carbons (Fsp3) is 0.500. The summed E-state index contributed by atoms with van der Waals surface area (Å²) in [5.74, 6) is -0.0835. The van der Waals surface area contributed by atoms with Crippen LogP contribution < -0.4 is 5.32 Å². The predicted octanol–water partition coefficient (Wildman–Crippen LogP) is 1.71. The van der Waals surface area contributed by atoms with Gasteiger partial charge in [0, 0.05) is 13.1 Å². The first-order valence-corrected chi connectivity index (χ1v) is 8.39. The number of carbonyl (C=O) groups excluding carboxylic acids is 3. The molecule has 2 fully saturated rings. The van der Waals surface area contributed by atoms with E-state index in [0.29, 0.717) is 24.6 Å². The van der Waals surface area contributed by atoms with E-state index in [-0.39, 0.29) is 18.4 Å². The molecule has 0 aromatic heterocycles. The van der Waals surface area contributed by atoms with E-state index in [1.807, 2.05) is 18.2 Å². The van der Waals surface area contributed by atoms with Crippen molar-refractivity contribution >= 4 is 17.8 Å². The standard InChI is InChI=1S/C18H23N3O3/c1-13-7-6-10-20(11-13)15(22)12-21-16(23)18(2,19-17(21)24)14-8-4-3-5-9-14/h3-5,8-9,13H,6-7,10-12H2,1-2H3,(H,19,24)/t13-,18+/m1/s1. The molecule has 0 aliphatic carbocycles. The lowest BCUT2D eigenvalue weighted by atomic mass is 9.92. The van der Waals surface area contributed by atoms with E-state index in [1.165, 1.54) is 0 Å². The lowest BCUT2D eigenvalue weighted by Crippen LogP contribution is -2.47. The number of nitrogens with one attached hydrogen (secondary N) is 1. The fourth-order valence-electron chi connectivity index (χ4n) is 3.46. The van der Waals surface area contributed by atoms with Gasteiger partial charge in [-0.15, -0.1) is 0 Å². The van der Waals surface area contributed by atoms with E-state index in [9.17, 15) is 14.4 Å². The number of rotatable bonds is 3. The number of nitrogens with zero attached hydrogens (tertiary/aromatic N) is 2. The molecule has 2 heterocycles. The van der Waals surface area contributed by atoms with Gasteiger partial charge in [-0.25, -0.2) is 4.79 Å².